The molecule has 0 aliphatic heterocycles. The molecule has 0 atom stereocenters. The maximum absolute atomic E-state index is 11.7. The Morgan fingerprint density at radius 2 is 1.68 bits per heavy atom. The molecule has 122 valence electrons. The summed E-state index contributed by atoms with van der Waals surface area (Å²) in [4.78, 5) is 34.2. The number of nitrogens with zero attached hydrogens (tertiary/aromatic N) is 1. The van der Waals surface area contributed by atoms with E-state index in [1.54, 1.807) is 18.2 Å². The van der Waals surface area contributed by atoms with Crippen LogP contribution in [0.2, 0.25) is 0 Å². The molecule has 0 bridgehead atoms. The molecule has 6 nitrogen and oxygen atoms in total. The van der Waals surface area contributed by atoms with Crippen LogP contribution in [0.25, 0.3) is 0 Å². The Morgan fingerprint density at radius 3 is 2.18 bits per heavy atom. The monoisotopic (exact) mass is 327 g/mol. The van der Waals surface area contributed by atoms with Gasteiger partial charge in [-0.2, -0.15) is 0 Å². The van der Waals surface area contributed by atoms with Gasteiger partial charge in [-0.3, -0.25) is 9.59 Å². The van der Waals surface area contributed by atoms with Crippen LogP contribution in [-0.2, 0) is 9.59 Å². The van der Waals surface area contributed by atoms with E-state index in [1.807, 2.05) is 19.0 Å². The lowest BCUT2D eigenvalue weighted by Gasteiger charge is -2.08. The van der Waals surface area contributed by atoms with Crippen LogP contribution in [0, 0.1) is 0 Å². The van der Waals surface area contributed by atoms with Gasteiger partial charge in [0.05, 0.1) is 5.56 Å². The van der Waals surface area contributed by atoms with Crippen molar-refractivity contribution >= 4 is 28.8 Å². The Kier molecular flexibility index (Phi) is 9.89. The summed E-state index contributed by atoms with van der Waals surface area (Å²) in [5, 5.41) is 16.4. The number of carbonyl (C=O) groups is 3. The molecule has 7 heteroatoms. The predicted octanol–water partition coefficient (Wildman–Crippen LogP) is 2.44. The second-order valence-electron chi connectivity index (χ2n) is 4.70. The molecule has 0 aromatic heterocycles. The third-order valence-corrected chi connectivity index (χ3v) is 3.34. The smallest absolute Gasteiger partial charge is 0.336 e. The van der Waals surface area contributed by atoms with E-state index in [0.717, 1.165) is 31.7 Å². The van der Waals surface area contributed by atoms with Crippen molar-refractivity contribution in [2.45, 2.75) is 24.7 Å². The topological polar surface area (TPSA) is 94.9 Å². The Balaban J connectivity index is 0.000000980. The molecule has 0 fully saturated rings. The van der Waals surface area contributed by atoms with Crippen LogP contribution in [0.5, 0.6) is 0 Å². The van der Waals surface area contributed by atoms with Gasteiger partial charge in [-0.15, -0.1) is 0 Å². The van der Waals surface area contributed by atoms with E-state index in [-0.39, 0.29) is 10.7 Å². The fourth-order valence-corrected chi connectivity index (χ4v) is 2.35. The molecular weight excluding hydrogens is 306 g/mol. The van der Waals surface area contributed by atoms with E-state index in [0.29, 0.717) is 11.3 Å². The fraction of sp³-hybridized carbons (Fsp3) is 0.400. The average molecular weight is 327 g/mol. The maximum Gasteiger partial charge on any atom is 0.336 e. The first-order valence-electron chi connectivity index (χ1n) is 6.61. The zero-order valence-corrected chi connectivity index (χ0v) is 13.7. The van der Waals surface area contributed by atoms with E-state index in [2.05, 4.69) is 0 Å². The zero-order valence-electron chi connectivity index (χ0n) is 12.9. The van der Waals surface area contributed by atoms with E-state index >= 15 is 0 Å². The van der Waals surface area contributed by atoms with Crippen molar-refractivity contribution in [1.29, 1.82) is 0 Å². The quantitative estimate of drug-likeness (QED) is 0.775. The third-order valence-electron chi connectivity index (χ3n) is 2.33. The number of carboxylic acid groups (broad SMARTS) is 2. The maximum atomic E-state index is 11.7. The number of aromatic carboxylic acids is 1. The van der Waals surface area contributed by atoms with E-state index in [9.17, 15) is 9.59 Å². The Morgan fingerprint density at radius 1 is 1.14 bits per heavy atom. The zero-order chi connectivity index (χ0) is 17.1. The number of benzene rings is 1. The highest BCUT2D eigenvalue weighted by molar-refractivity contribution is 8.13. The lowest BCUT2D eigenvalue weighted by Crippen LogP contribution is -2.13. The van der Waals surface area contributed by atoms with Gasteiger partial charge in [0, 0.05) is 18.2 Å². The minimum Gasteiger partial charge on any atom is -0.481 e. The molecule has 0 aliphatic rings. The van der Waals surface area contributed by atoms with Gasteiger partial charge < -0.3 is 15.1 Å². The molecule has 0 amide bonds. The van der Waals surface area contributed by atoms with Crippen LogP contribution in [0.4, 0.5) is 0 Å². The van der Waals surface area contributed by atoms with E-state index in [1.165, 1.54) is 6.07 Å². The van der Waals surface area contributed by atoms with Crippen LogP contribution in [0.1, 0.15) is 30.1 Å². The van der Waals surface area contributed by atoms with Gasteiger partial charge in [0.1, 0.15) is 0 Å². The number of carboxylic acids is 2. The number of carbonyl (C=O) groups excluding carboxylic acids is 1. The highest BCUT2D eigenvalue weighted by atomic mass is 32.2. The summed E-state index contributed by atoms with van der Waals surface area (Å²) in [5.74, 6) is -1.83. The van der Waals surface area contributed by atoms with Crippen molar-refractivity contribution in [2.75, 3.05) is 20.6 Å². The number of hydrogen-bond donors (Lipinski definition) is 2. The average Bonchev–Trinajstić information content (AvgIpc) is 2.37. The summed E-state index contributed by atoms with van der Waals surface area (Å²) >= 11 is 1.01. The number of thioether (sulfide) groups is 1. The summed E-state index contributed by atoms with van der Waals surface area (Å²) in [7, 11) is 3.91. The lowest BCUT2D eigenvalue weighted by molar-refractivity contribution is -0.134. The normalized spacial score (nSPS) is 9.82. The highest BCUT2D eigenvalue weighted by Crippen LogP contribution is 2.24. The lowest BCUT2D eigenvalue weighted by atomic mass is 10.2. The molecule has 2 N–H and O–H groups in total. The molecule has 0 saturated heterocycles. The molecule has 0 saturated carbocycles. The van der Waals surface area contributed by atoms with Gasteiger partial charge in [0.2, 0.25) is 0 Å². The van der Waals surface area contributed by atoms with Crippen LogP contribution in [0.3, 0.4) is 0 Å². The van der Waals surface area contributed by atoms with Crippen molar-refractivity contribution in [1.82, 2.24) is 4.90 Å². The van der Waals surface area contributed by atoms with Crippen molar-refractivity contribution < 1.29 is 24.6 Å². The minimum absolute atomic E-state index is 0.00514. The van der Waals surface area contributed by atoms with Crippen LogP contribution >= 0.6 is 11.8 Å². The third kappa shape index (κ3) is 9.95. The van der Waals surface area contributed by atoms with Gasteiger partial charge in [0.15, 0.2) is 5.12 Å². The summed E-state index contributed by atoms with van der Waals surface area (Å²) < 4.78 is 0. The number of hydrogen-bond acceptors (Lipinski definition) is 5. The highest BCUT2D eigenvalue weighted by Gasteiger charge is 2.13. The molecule has 0 aliphatic carbocycles. The fourth-order valence-electron chi connectivity index (χ4n) is 1.45. The second kappa shape index (κ2) is 10.8. The molecule has 1 aromatic rings. The van der Waals surface area contributed by atoms with Gasteiger partial charge >= 0.3 is 5.97 Å². The van der Waals surface area contributed by atoms with Crippen molar-refractivity contribution in [3.8, 4) is 0 Å². The van der Waals surface area contributed by atoms with Crippen LogP contribution in [-0.4, -0.2) is 52.8 Å². The first-order chi connectivity index (χ1) is 10.2. The van der Waals surface area contributed by atoms with Gasteiger partial charge in [0.25, 0.3) is 5.97 Å². The SMILES string of the molecule is CC(=O)O.CN(C)CCCC(=O)Sc1ccccc1C(=O)O. The van der Waals surface area contributed by atoms with Crippen molar-refractivity contribution in [3.05, 3.63) is 29.8 Å². The van der Waals surface area contributed by atoms with Crippen molar-refractivity contribution in [3.63, 3.8) is 0 Å². The molecule has 22 heavy (non-hydrogen) atoms. The first-order valence-corrected chi connectivity index (χ1v) is 7.43. The molecule has 0 radical (unpaired) electrons. The molecule has 0 heterocycles. The molecule has 0 unspecified atom stereocenters. The van der Waals surface area contributed by atoms with Gasteiger partial charge in [-0.05, 0) is 39.2 Å². The molecule has 0 spiro atoms. The Bertz CT molecular complexity index is 512. The molecule has 1 rings (SSSR count). The Labute approximate surface area is 134 Å². The number of aliphatic carboxylic acids is 1. The molecular formula is C15H21NO5S. The summed E-state index contributed by atoms with van der Waals surface area (Å²) in [6.45, 7) is 1.94. The largest absolute Gasteiger partial charge is 0.481 e. The second-order valence-corrected chi connectivity index (χ2v) is 5.80. The number of rotatable bonds is 6. The van der Waals surface area contributed by atoms with E-state index < -0.39 is 11.9 Å². The standard InChI is InChI=1S/C13H17NO3S.C2H4O2/c1-14(2)9-5-8-12(15)18-11-7-4-3-6-10(11)13(16)17;1-2(3)4/h3-4,6-7H,5,8-9H2,1-2H3,(H,16,17);1H3,(H,3,4). The first kappa shape index (κ1) is 20.1. The van der Waals surface area contributed by atoms with E-state index in [4.69, 9.17) is 15.0 Å². The summed E-state index contributed by atoms with van der Waals surface area (Å²) in [6.07, 6.45) is 1.24. The minimum atomic E-state index is -1.00. The summed E-state index contributed by atoms with van der Waals surface area (Å²) in [5.41, 5.74) is 0.184. The summed E-state index contributed by atoms with van der Waals surface area (Å²) in [6, 6.07) is 6.57. The van der Waals surface area contributed by atoms with Gasteiger partial charge in [-0.25, -0.2) is 4.79 Å². The van der Waals surface area contributed by atoms with Crippen LogP contribution in [0.15, 0.2) is 29.2 Å². The molecule has 1 aromatic carbocycles. The van der Waals surface area contributed by atoms with Crippen molar-refractivity contribution in [2.24, 2.45) is 0 Å². The predicted molar refractivity (Wildman–Crippen MR) is 85.4 cm³/mol. The van der Waals surface area contributed by atoms with Crippen LogP contribution < -0.4 is 0 Å². The Hall–Kier alpha value is -1.86. The van der Waals surface area contributed by atoms with Gasteiger partial charge in [-0.1, -0.05) is 23.9 Å².